The Morgan fingerprint density at radius 1 is 1.00 bits per heavy atom. The van der Waals surface area contributed by atoms with E-state index in [-0.39, 0.29) is 23.5 Å². The van der Waals surface area contributed by atoms with Crippen LogP contribution in [0.15, 0.2) is 48.5 Å². The molecular formula is C19H19NO3S. The van der Waals surface area contributed by atoms with Crippen LogP contribution < -0.4 is 0 Å². The lowest BCUT2D eigenvalue weighted by Gasteiger charge is -2.28. The van der Waals surface area contributed by atoms with Crippen LogP contribution in [0.3, 0.4) is 0 Å². The molecule has 0 aromatic heterocycles. The SMILES string of the molecule is CN(C(=O)[C@H]1CCS(=O)(=O)C1)C1c2ccccc2-c2ccccc21. The van der Waals surface area contributed by atoms with Crippen molar-refractivity contribution >= 4 is 15.7 Å². The molecule has 0 radical (unpaired) electrons. The van der Waals surface area contributed by atoms with Crippen molar-refractivity contribution in [3.63, 3.8) is 0 Å². The molecule has 1 fully saturated rings. The van der Waals surface area contributed by atoms with Crippen molar-refractivity contribution < 1.29 is 13.2 Å². The van der Waals surface area contributed by atoms with E-state index in [2.05, 4.69) is 24.3 Å². The zero-order chi connectivity index (χ0) is 16.9. The van der Waals surface area contributed by atoms with Crippen molar-refractivity contribution in [2.75, 3.05) is 18.6 Å². The maximum absolute atomic E-state index is 12.9. The van der Waals surface area contributed by atoms with E-state index in [1.807, 2.05) is 24.3 Å². The molecule has 2 aromatic carbocycles. The largest absolute Gasteiger partial charge is 0.334 e. The van der Waals surface area contributed by atoms with Crippen LogP contribution in [0, 0.1) is 5.92 Å². The Morgan fingerprint density at radius 3 is 2.04 bits per heavy atom. The summed E-state index contributed by atoms with van der Waals surface area (Å²) in [6.45, 7) is 0. The Labute approximate surface area is 142 Å². The van der Waals surface area contributed by atoms with Gasteiger partial charge in [0.15, 0.2) is 9.84 Å². The summed E-state index contributed by atoms with van der Waals surface area (Å²) in [5, 5.41) is 0. The highest BCUT2D eigenvalue weighted by Gasteiger charge is 2.39. The molecule has 2 aliphatic rings. The predicted octanol–water partition coefficient (Wildman–Crippen LogP) is 2.65. The van der Waals surface area contributed by atoms with Gasteiger partial charge in [0.2, 0.25) is 5.91 Å². The van der Waals surface area contributed by atoms with Crippen molar-refractivity contribution in [2.24, 2.45) is 5.92 Å². The fourth-order valence-electron chi connectivity index (χ4n) is 3.95. The summed E-state index contributed by atoms with van der Waals surface area (Å²) in [6, 6.07) is 16.1. The smallest absolute Gasteiger partial charge is 0.227 e. The molecule has 1 heterocycles. The molecule has 0 N–H and O–H groups in total. The maximum atomic E-state index is 12.9. The van der Waals surface area contributed by atoms with Crippen molar-refractivity contribution in [1.82, 2.24) is 4.90 Å². The third-order valence-corrected chi connectivity index (χ3v) is 6.89. The lowest BCUT2D eigenvalue weighted by molar-refractivity contribution is -0.134. The lowest BCUT2D eigenvalue weighted by atomic mass is 10.0. The van der Waals surface area contributed by atoms with Crippen LogP contribution in [0.2, 0.25) is 0 Å². The number of fused-ring (bicyclic) bond motifs is 3. The summed E-state index contributed by atoms with van der Waals surface area (Å²) in [6.07, 6.45) is 0.432. The van der Waals surface area contributed by atoms with E-state index in [0.29, 0.717) is 6.42 Å². The average Bonchev–Trinajstić information content (AvgIpc) is 3.11. The second kappa shape index (κ2) is 5.45. The highest BCUT2D eigenvalue weighted by atomic mass is 32.2. The molecule has 1 aliphatic carbocycles. The van der Waals surface area contributed by atoms with Gasteiger partial charge in [0.1, 0.15) is 0 Å². The molecule has 0 saturated carbocycles. The van der Waals surface area contributed by atoms with E-state index in [9.17, 15) is 13.2 Å². The van der Waals surface area contributed by atoms with Gasteiger partial charge in [-0.05, 0) is 28.7 Å². The molecule has 1 saturated heterocycles. The topological polar surface area (TPSA) is 54.5 Å². The Hall–Kier alpha value is -2.14. The molecule has 4 nitrogen and oxygen atoms in total. The maximum Gasteiger partial charge on any atom is 0.227 e. The molecule has 1 atom stereocenters. The van der Waals surface area contributed by atoms with Gasteiger partial charge in [-0.3, -0.25) is 4.79 Å². The van der Waals surface area contributed by atoms with Crippen molar-refractivity contribution in [1.29, 1.82) is 0 Å². The van der Waals surface area contributed by atoms with E-state index in [1.54, 1.807) is 11.9 Å². The zero-order valence-corrected chi connectivity index (χ0v) is 14.3. The van der Waals surface area contributed by atoms with Crippen LogP contribution in [0.1, 0.15) is 23.6 Å². The van der Waals surface area contributed by atoms with E-state index in [1.165, 1.54) is 0 Å². The number of hydrogen-bond acceptors (Lipinski definition) is 3. The Morgan fingerprint density at radius 2 is 1.54 bits per heavy atom. The Bertz CT molecular complexity index is 874. The Balaban J connectivity index is 1.72. The molecule has 124 valence electrons. The van der Waals surface area contributed by atoms with Gasteiger partial charge in [-0.2, -0.15) is 0 Å². The second-order valence-corrected chi connectivity index (χ2v) is 8.85. The number of rotatable bonds is 2. The molecule has 2 aromatic rings. The minimum atomic E-state index is -3.07. The second-order valence-electron chi connectivity index (χ2n) is 6.63. The van der Waals surface area contributed by atoms with Crippen LogP contribution in [0.4, 0.5) is 0 Å². The molecule has 0 bridgehead atoms. The minimum absolute atomic E-state index is 0.0216. The van der Waals surface area contributed by atoms with E-state index >= 15 is 0 Å². The first kappa shape index (κ1) is 15.4. The number of nitrogens with zero attached hydrogens (tertiary/aromatic N) is 1. The minimum Gasteiger partial charge on any atom is -0.334 e. The van der Waals surface area contributed by atoms with Gasteiger partial charge in [-0.15, -0.1) is 0 Å². The highest BCUT2D eigenvalue weighted by molar-refractivity contribution is 7.91. The quantitative estimate of drug-likeness (QED) is 0.844. The third-order valence-electron chi connectivity index (χ3n) is 5.12. The normalized spacial score (nSPS) is 21.3. The fraction of sp³-hybridized carbons (Fsp3) is 0.316. The predicted molar refractivity (Wildman–Crippen MR) is 93.3 cm³/mol. The molecule has 0 spiro atoms. The molecule has 4 rings (SSSR count). The number of carbonyl (C=O) groups excluding carboxylic acids is 1. The fourth-order valence-corrected chi connectivity index (χ4v) is 5.68. The van der Waals surface area contributed by atoms with E-state index < -0.39 is 15.8 Å². The van der Waals surface area contributed by atoms with Crippen LogP contribution in [0.25, 0.3) is 11.1 Å². The Kier molecular flexibility index (Phi) is 3.49. The van der Waals surface area contributed by atoms with Crippen LogP contribution in [0.5, 0.6) is 0 Å². The first-order chi connectivity index (χ1) is 11.5. The number of hydrogen-bond donors (Lipinski definition) is 0. The summed E-state index contributed by atoms with van der Waals surface area (Å²) in [5.41, 5.74) is 4.51. The number of amides is 1. The standard InChI is InChI=1S/C19H19NO3S/c1-20(19(21)13-10-11-24(22,23)12-13)18-16-8-4-2-6-14(16)15-7-3-5-9-17(15)18/h2-9,13,18H,10-12H2,1H3/t13-/m0/s1. The molecule has 5 heteroatoms. The highest BCUT2D eigenvalue weighted by Crippen LogP contribution is 2.46. The van der Waals surface area contributed by atoms with Gasteiger partial charge in [0, 0.05) is 7.05 Å². The van der Waals surface area contributed by atoms with Crippen molar-refractivity contribution in [3.05, 3.63) is 59.7 Å². The van der Waals surface area contributed by atoms with Gasteiger partial charge in [-0.1, -0.05) is 48.5 Å². The van der Waals surface area contributed by atoms with Crippen LogP contribution >= 0.6 is 0 Å². The first-order valence-electron chi connectivity index (χ1n) is 8.13. The van der Waals surface area contributed by atoms with Crippen molar-refractivity contribution in [2.45, 2.75) is 12.5 Å². The molecule has 24 heavy (non-hydrogen) atoms. The summed E-state index contributed by atoms with van der Waals surface area (Å²) in [4.78, 5) is 14.6. The number of carbonyl (C=O) groups is 1. The summed E-state index contributed by atoms with van der Waals surface area (Å²) < 4.78 is 23.4. The monoisotopic (exact) mass is 341 g/mol. The average molecular weight is 341 g/mol. The van der Waals surface area contributed by atoms with Crippen molar-refractivity contribution in [3.8, 4) is 11.1 Å². The zero-order valence-electron chi connectivity index (χ0n) is 13.5. The summed E-state index contributed by atoms with van der Waals surface area (Å²) >= 11 is 0. The van der Waals surface area contributed by atoms with Gasteiger partial charge in [0.25, 0.3) is 0 Å². The van der Waals surface area contributed by atoms with E-state index in [4.69, 9.17) is 0 Å². The lowest BCUT2D eigenvalue weighted by Crippen LogP contribution is -2.36. The van der Waals surface area contributed by atoms with E-state index in [0.717, 1.165) is 22.3 Å². The van der Waals surface area contributed by atoms with Gasteiger partial charge < -0.3 is 4.90 Å². The third kappa shape index (κ3) is 2.35. The van der Waals surface area contributed by atoms with Crippen LogP contribution in [-0.2, 0) is 14.6 Å². The molecule has 1 amide bonds. The summed E-state index contributed by atoms with van der Waals surface area (Å²) in [5.74, 6) is -0.395. The molecule has 1 aliphatic heterocycles. The first-order valence-corrected chi connectivity index (χ1v) is 9.95. The van der Waals surface area contributed by atoms with Gasteiger partial charge in [0.05, 0.1) is 23.5 Å². The molecule has 0 unspecified atom stereocenters. The summed E-state index contributed by atoms with van der Waals surface area (Å²) in [7, 11) is -1.28. The molecular weight excluding hydrogens is 322 g/mol. The number of benzene rings is 2. The van der Waals surface area contributed by atoms with Gasteiger partial charge in [-0.25, -0.2) is 8.42 Å². The van der Waals surface area contributed by atoms with Crippen LogP contribution in [-0.4, -0.2) is 37.8 Å². The number of sulfone groups is 1. The van der Waals surface area contributed by atoms with Gasteiger partial charge >= 0.3 is 0 Å².